The molecule has 184 valence electrons. The predicted molar refractivity (Wildman–Crippen MR) is 141 cm³/mol. The average Bonchev–Trinajstić information content (AvgIpc) is 3.40. The molecule has 3 aromatic rings. The van der Waals surface area contributed by atoms with Gasteiger partial charge in [-0.05, 0) is 80.0 Å². The molecule has 3 heterocycles. The molecule has 0 saturated heterocycles. The van der Waals surface area contributed by atoms with Crippen LogP contribution in [0.5, 0.6) is 0 Å². The molecule has 2 aliphatic rings. The predicted octanol–water partition coefficient (Wildman–Crippen LogP) is 5.13. The molecule has 35 heavy (non-hydrogen) atoms. The minimum absolute atomic E-state index is 0.0651. The van der Waals surface area contributed by atoms with Gasteiger partial charge >= 0.3 is 0 Å². The van der Waals surface area contributed by atoms with E-state index in [4.69, 9.17) is 11.6 Å². The van der Waals surface area contributed by atoms with Crippen LogP contribution in [0.15, 0.2) is 36.8 Å². The lowest BCUT2D eigenvalue weighted by Crippen LogP contribution is -2.33. The second kappa shape index (κ2) is 9.97. The molecule has 1 aromatic carbocycles. The quantitative estimate of drug-likeness (QED) is 0.448. The molecule has 0 radical (unpaired) electrons. The van der Waals surface area contributed by atoms with Crippen molar-refractivity contribution in [2.45, 2.75) is 45.2 Å². The maximum atomic E-state index is 13.7. The van der Waals surface area contributed by atoms with E-state index in [1.165, 1.54) is 28.8 Å². The second-order valence-corrected chi connectivity index (χ2v) is 11.6. The zero-order chi connectivity index (χ0) is 24.7. The van der Waals surface area contributed by atoms with Crippen molar-refractivity contribution in [1.82, 2.24) is 14.9 Å². The third kappa shape index (κ3) is 4.75. The van der Waals surface area contributed by atoms with Gasteiger partial charge in [0.25, 0.3) is 0 Å². The summed E-state index contributed by atoms with van der Waals surface area (Å²) in [5.74, 6) is 1.21. The minimum Gasteiger partial charge on any atom is -0.396 e. The van der Waals surface area contributed by atoms with Gasteiger partial charge in [0.1, 0.15) is 12.1 Å². The van der Waals surface area contributed by atoms with Crippen molar-refractivity contribution in [3.8, 4) is 0 Å². The van der Waals surface area contributed by atoms with Gasteiger partial charge in [-0.25, -0.2) is 9.97 Å². The number of anilines is 1. The SMILES string of the molecule is Cc1sc(C(=O)c2cncnc2N[C@@H]2C[C@H](CO)[C@@H](C)C2)cc1[C@H]1c2cc(Cl)ccc2CCN1C. The number of benzene rings is 1. The number of rotatable bonds is 6. The lowest BCUT2D eigenvalue weighted by atomic mass is 9.88. The number of aliphatic hydroxyl groups is 1. The summed E-state index contributed by atoms with van der Waals surface area (Å²) in [6.45, 7) is 5.39. The summed E-state index contributed by atoms with van der Waals surface area (Å²) in [5, 5.41) is 13.8. The van der Waals surface area contributed by atoms with E-state index in [1.807, 2.05) is 12.1 Å². The number of aliphatic hydroxyl groups excluding tert-OH is 1. The molecule has 8 heteroatoms. The van der Waals surface area contributed by atoms with Gasteiger partial charge in [0.2, 0.25) is 5.78 Å². The summed E-state index contributed by atoms with van der Waals surface area (Å²) in [4.78, 5) is 26.4. The standard InChI is InChI=1S/C27H31ClN4O2S/c1-15-8-20(9-18(15)13-33)31-27-23(12-29-14-30-27)26(34)24-11-21(16(2)35-24)25-22-10-19(28)5-4-17(22)6-7-32(25)3/h4-5,10-12,14-15,18,20,25,33H,6-9,13H2,1-3H3,(H,29,30,31)/t15-,18+,20-,25-/m0/s1. The Kier molecular flexibility index (Phi) is 6.95. The van der Waals surface area contributed by atoms with Gasteiger partial charge in [0, 0.05) is 35.3 Å². The largest absolute Gasteiger partial charge is 0.396 e. The highest BCUT2D eigenvalue weighted by atomic mass is 35.5. The Morgan fingerprint density at radius 3 is 2.89 bits per heavy atom. The van der Waals surface area contributed by atoms with Gasteiger partial charge in [-0.2, -0.15) is 0 Å². The number of fused-ring (bicyclic) bond motifs is 1. The molecule has 2 N–H and O–H groups in total. The van der Waals surface area contributed by atoms with Gasteiger partial charge in [-0.1, -0.05) is 24.6 Å². The fourth-order valence-corrected chi connectivity index (χ4v) is 6.83. The second-order valence-electron chi connectivity index (χ2n) is 9.95. The van der Waals surface area contributed by atoms with Crippen LogP contribution in [0.25, 0.3) is 0 Å². The zero-order valence-corrected chi connectivity index (χ0v) is 21.9. The summed E-state index contributed by atoms with van der Waals surface area (Å²) in [6.07, 6.45) is 5.89. The molecule has 1 aliphatic carbocycles. The number of carbonyl (C=O) groups excluding carboxylic acids is 1. The first-order valence-electron chi connectivity index (χ1n) is 12.2. The number of hydrogen-bond donors (Lipinski definition) is 2. The number of thiophene rings is 1. The van der Waals surface area contributed by atoms with Gasteiger partial charge in [0.15, 0.2) is 0 Å². The molecule has 5 rings (SSSR count). The number of ketones is 1. The molecule has 1 aliphatic heterocycles. The third-order valence-corrected chi connectivity index (χ3v) is 8.93. The van der Waals surface area contributed by atoms with E-state index in [0.717, 1.165) is 41.3 Å². The average molecular weight is 511 g/mol. The van der Waals surface area contributed by atoms with E-state index in [-0.39, 0.29) is 30.4 Å². The lowest BCUT2D eigenvalue weighted by molar-refractivity contribution is 0.104. The van der Waals surface area contributed by atoms with Crippen LogP contribution >= 0.6 is 22.9 Å². The molecule has 6 nitrogen and oxygen atoms in total. The summed E-state index contributed by atoms with van der Waals surface area (Å²) in [6, 6.07) is 8.42. The summed E-state index contributed by atoms with van der Waals surface area (Å²) < 4.78 is 0. The fraction of sp³-hybridized carbons (Fsp3) is 0.444. The Labute approximate surface area is 215 Å². The Morgan fingerprint density at radius 1 is 1.29 bits per heavy atom. The maximum Gasteiger partial charge on any atom is 0.208 e. The van der Waals surface area contributed by atoms with E-state index in [2.05, 4.69) is 53.2 Å². The van der Waals surface area contributed by atoms with Crippen LogP contribution in [0.1, 0.15) is 62.6 Å². The molecule has 0 spiro atoms. The molecule has 0 unspecified atom stereocenters. The number of nitrogens with one attached hydrogen (secondary N) is 1. The molecule has 1 fully saturated rings. The Balaban J connectivity index is 1.44. The van der Waals surface area contributed by atoms with Crippen molar-refractivity contribution >= 4 is 34.5 Å². The summed E-state index contributed by atoms with van der Waals surface area (Å²) in [5.41, 5.74) is 4.16. The van der Waals surface area contributed by atoms with Crippen molar-refractivity contribution in [3.05, 3.63) is 73.8 Å². The van der Waals surface area contributed by atoms with E-state index >= 15 is 0 Å². The monoisotopic (exact) mass is 510 g/mol. The summed E-state index contributed by atoms with van der Waals surface area (Å²) in [7, 11) is 2.13. The Morgan fingerprint density at radius 2 is 2.11 bits per heavy atom. The van der Waals surface area contributed by atoms with Crippen LogP contribution in [0.4, 0.5) is 5.82 Å². The molecule has 1 saturated carbocycles. The maximum absolute atomic E-state index is 13.7. The van der Waals surface area contributed by atoms with Crippen molar-refractivity contribution in [2.24, 2.45) is 11.8 Å². The van der Waals surface area contributed by atoms with E-state index in [0.29, 0.717) is 22.2 Å². The van der Waals surface area contributed by atoms with Crippen LogP contribution in [0.2, 0.25) is 5.02 Å². The van der Waals surface area contributed by atoms with Crippen LogP contribution in [-0.2, 0) is 6.42 Å². The third-order valence-electron chi connectivity index (χ3n) is 7.63. The Bertz CT molecular complexity index is 1250. The fourth-order valence-electron chi connectivity index (χ4n) is 5.64. The van der Waals surface area contributed by atoms with Crippen LogP contribution in [-0.4, -0.2) is 52.0 Å². The van der Waals surface area contributed by atoms with Crippen LogP contribution in [0, 0.1) is 18.8 Å². The number of aryl methyl sites for hydroxylation is 1. The minimum atomic E-state index is -0.0676. The number of halogens is 1. The van der Waals surface area contributed by atoms with Crippen molar-refractivity contribution < 1.29 is 9.90 Å². The van der Waals surface area contributed by atoms with Crippen molar-refractivity contribution in [2.75, 3.05) is 25.5 Å². The molecular weight excluding hydrogens is 480 g/mol. The van der Waals surface area contributed by atoms with E-state index < -0.39 is 0 Å². The highest BCUT2D eigenvalue weighted by Gasteiger charge is 2.33. The first-order valence-corrected chi connectivity index (χ1v) is 13.4. The van der Waals surface area contributed by atoms with E-state index in [1.54, 1.807) is 6.20 Å². The summed E-state index contributed by atoms with van der Waals surface area (Å²) >= 11 is 7.88. The zero-order valence-electron chi connectivity index (χ0n) is 20.3. The molecule has 0 bridgehead atoms. The van der Waals surface area contributed by atoms with Crippen LogP contribution < -0.4 is 5.32 Å². The number of hydrogen-bond acceptors (Lipinski definition) is 7. The van der Waals surface area contributed by atoms with Gasteiger partial charge < -0.3 is 10.4 Å². The topological polar surface area (TPSA) is 78.3 Å². The first kappa shape index (κ1) is 24.4. The molecule has 4 atom stereocenters. The van der Waals surface area contributed by atoms with E-state index in [9.17, 15) is 9.90 Å². The van der Waals surface area contributed by atoms with Gasteiger partial charge in [-0.3, -0.25) is 9.69 Å². The Hall–Kier alpha value is -2.32. The molecule has 0 amide bonds. The smallest absolute Gasteiger partial charge is 0.208 e. The molecule has 2 aromatic heterocycles. The normalized spacial score (nSPS) is 24.4. The highest BCUT2D eigenvalue weighted by Crippen LogP contribution is 2.40. The number of carbonyl (C=O) groups is 1. The molecular formula is C27H31ClN4O2S. The van der Waals surface area contributed by atoms with Crippen molar-refractivity contribution in [3.63, 3.8) is 0 Å². The lowest BCUT2D eigenvalue weighted by Gasteiger charge is -2.35. The van der Waals surface area contributed by atoms with Crippen LogP contribution in [0.3, 0.4) is 0 Å². The van der Waals surface area contributed by atoms with Crippen molar-refractivity contribution in [1.29, 1.82) is 0 Å². The number of aromatic nitrogens is 2. The number of nitrogens with zero attached hydrogens (tertiary/aromatic N) is 3. The van der Waals surface area contributed by atoms with Gasteiger partial charge in [0.05, 0.1) is 16.5 Å². The highest BCUT2D eigenvalue weighted by molar-refractivity contribution is 7.14. The first-order chi connectivity index (χ1) is 16.9. The number of likely N-dealkylation sites (N-methyl/N-ethyl adjacent to an activating group) is 1. The van der Waals surface area contributed by atoms with Gasteiger partial charge in [-0.15, -0.1) is 11.3 Å².